The number of rotatable bonds is 7. The zero-order valence-electron chi connectivity index (χ0n) is 17.9. The molecule has 2 aromatic carbocycles. The van der Waals surface area contributed by atoms with Gasteiger partial charge in [0.1, 0.15) is 6.04 Å². The number of carboxylic acid groups (broad SMARTS) is 1. The lowest BCUT2D eigenvalue weighted by molar-refractivity contribution is -0.139. The van der Waals surface area contributed by atoms with Crippen molar-refractivity contribution < 1.29 is 19.4 Å². The Morgan fingerprint density at radius 3 is 2.52 bits per heavy atom. The number of fused-ring (bicyclic) bond motifs is 1. The lowest BCUT2D eigenvalue weighted by Gasteiger charge is -2.28. The summed E-state index contributed by atoms with van der Waals surface area (Å²) < 4.78 is 6.99. The number of carbonyl (C=O) groups excluding carboxylic acids is 1. The van der Waals surface area contributed by atoms with Crippen molar-refractivity contribution in [2.45, 2.75) is 30.8 Å². The first kappa shape index (κ1) is 22.9. The minimum atomic E-state index is -0.961. The van der Waals surface area contributed by atoms with Gasteiger partial charge in [0.25, 0.3) is 0 Å². The van der Waals surface area contributed by atoms with Gasteiger partial charge in [-0.1, -0.05) is 47.6 Å². The smallest absolute Gasteiger partial charge is 0.338 e. The number of nitrogens with one attached hydrogen (secondary N) is 1. The predicted molar refractivity (Wildman–Crippen MR) is 126 cm³/mol. The number of thioether (sulfide) groups is 1. The number of anilines is 1. The fraction of sp³-hybridized carbons (Fsp3) is 0.217. The van der Waals surface area contributed by atoms with Gasteiger partial charge in [-0.3, -0.25) is 0 Å². The molecule has 8 nitrogen and oxygen atoms in total. The van der Waals surface area contributed by atoms with Gasteiger partial charge < -0.3 is 15.2 Å². The molecular weight excluding hydrogens is 464 g/mol. The Hall–Kier alpha value is -3.30. The Morgan fingerprint density at radius 1 is 1.18 bits per heavy atom. The molecule has 0 fully saturated rings. The molecule has 0 radical (unpaired) electrons. The van der Waals surface area contributed by atoms with Gasteiger partial charge in [-0.15, -0.1) is 5.10 Å². The zero-order valence-corrected chi connectivity index (χ0v) is 19.5. The predicted octanol–water partition coefficient (Wildman–Crippen LogP) is 4.77. The minimum Gasteiger partial charge on any atom is -0.478 e. The second-order valence-corrected chi connectivity index (χ2v) is 8.67. The quantitative estimate of drug-likeness (QED) is 0.364. The highest BCUT2D eigenvalue weighted by atomic mass is 35.5. The van der Waals surface area contributed by atoms with E-state index in [1.807, 2.05) is 19.1 Å². The third-order valence-electron chi connectivity index (χ3n) is 5.08. The van der Waals surface area contributed by atoms with E-state index in [0.717, 1.165) is 11.1 Å². The number of carboxylic acids is 1. The van der Waals surface area contributed by atoms with E-state index < -0.39 is 18.0 Å². The highest BCUT2D eigenvalue weighted by Crippen LogP contribution is 2.37. The highest BCUT2D eigenvalue weighted by Gasteiger charge is 2.35. The molecule has 0 saturated heterocycles. The van der Waals surface area contributed by atoms with Crippen LogP contribution in [0.1, 0.15) is 41.4 Å². The first-order valence-corrected chi connectivity index (χ1v) is 11.6. The molecule has 1 aliphatic rings. The van der Waals surface area contributed by atoms with Gasteiger partial charge in [-0.2, -0.15) is 4.98 Å². The number of carbonyl (C=O) groups is 2. The van der Waals surface area contributed by atoms with E-state index in [1.54, 1.807) is 48.0 Å². The summed E-state index contributed by atoms with van der Waals surface area (Å²) in [6.45, 7) is 3.83. The van der Waals surface area contributed by atoms with Gasteiger partial charge in [-0.25, -0.2) is 14.3 Å². The van der Waals surface area contributed by atoms with Crippen molar-refractivity contribution in [2.75, 3.05) is 11.9 Å². The maximum absolute atomic E-state index is 12.8. The molecule has 33 heavy (non-hydrogen) atoms. The lowest BCUT2D eigenvalue weighted by atomic mass is 9.96. The molecule has 2 heterocycles. The van der Waals surface area contributed by atoms with Crippen LogP contribution < -0.4 is 5.32 Å². The molecule has 1 aliphatic heterocycles. The molecule has 10 heteroatoms. The van der Waals surface area contributed by atoms with Crippen LogP contribution in [-0.2, 0) is 15.3 Å². The Kier molecular flexibility index (Phi) is 6.71. The second-order valence-electron chi connectivity index (χ2n) is 7.29. The van der Waals surface area contributed by atoms with Crippen molar-refractivity contribution in [3.63, 3.8) is 0 Å². The van der Waals surface area contributed by atoms with Crippen LogP contribution in [0.3, 0.4) is 0 Å². The molecule has 0 saturated carbocycles. The maximum Gasteiger partial charge on any atom is 0.338 e. The first-order chi connectivity index (χ1) is 15.9. The summed E-state index contributed by atoms with van der Waals surface area (Å²) in [6, 6.07) is 13.4. The number of hydrogen-bond acceptors (Lipinski definition) is 7. The molecule has 1 atom stereocenters. The van der Waals surface area contributed by atoms with E-state index in [9.17, 15) is 9.59 Å². The molecule has 170 valence electrons. The number of hydrogen-bond donors (Lipinski definition) is 2. The van der Waals surface area contributed by atoms with Crippen molar-refractivity contribution >= 4 is 41.2 Å². The molecule has 3 aromatic rings. The van der Waals surface area contributed by atoms with Crippen LogP contribution in [0, 0.1) is 0 Å². The number of benzene rings is 2. The number of esters is 1. The third kappa shape index (κ3) is 4.89. The number of nitrogens with zero attached hydrogens (tertiary/aromatic N) is 3. The number of allylic oxidation sites excluding steroid dienone is 1. The Balaban J connectivity index is 1.63. The third-order valence-corrected chi connectivity index (χ3v) is 6.24. The van der Waals surface area contributed by atoms with Gasteiger partial charge in [0.05, 0.1) is 17.7 Å². The van der Waals surface area contributed by atoms with Crippen molar-refractivity contribution in [2.24, 2.45) is 0 Å². The average molecular weight is 485 g/mol. The summed E-state index contributed by atoms with van der Waals surface area (Å²) in [5, 5.41) is 18.0. The van der Waals surface area contributed by atoms with Crippen LogP contribution in [0.5, 0.6) is 0 Å². The summed E-state index contributed by atoms with van der Waals surface area (Å²) in [7, 11) is 0. The standard InChI is InChI=1S/C23H21ClN4O4S/c1-3-32-21(31)18-13(2)25-22-26-23(33-12-14-4-6-16(7-5-14)20(29)30)27-28(22)19(18)15-8-10-17(24)11-9-15/h4-11,19H,3,12H2,1-2H3,(H,29,30)(H,25,26,27)/t19-/m0/s1. The van der Waals surface area contributed by atoms with E-state index >= 15 is 0 Å². The van der Waals surface area contributed by atoms with Crippen molar-refractivity contribution in [3.05, 3.63) is 81.5 Å². The van der Waals surface area contributed by atoms with E-state index in [2.05, 4.69) is 15.4 Å². The van der Waals surface area contributed by atoms with Gasteiger partial charge in [0, 0.05) is 16.5 Å². The van der Waals surface area contributed by atoms with Crippen LogP contribution in [0.2, 0.25) is 5.02 Å². The molecule has 0 aliphatic carbocycles. The topological polar surface area (TPSA) is 106 Å². The van der Waals surface area contributed by atoms with Crippen LogP contribution in [0.15, 0.2) is 65.0 Å². The zero-order chi connectivity index (χ0) is 23.5. The summed E-state index contributed by atoms with van der Waals surface area (Å²) >= 11 is 7.49. The Morgan fingerprint density at radius 2 is 1.88 bits per heavy atom. The molecule has 0 amide bonds. The fourth-order valence-electron chi connectivity index (χ4n) is 3.51. The molecule has 0 unspecified atom stereocenters. The number of ether oxygens (including phenoxy) is 1. The van der Waals surface area contributed by atoms with Gasteiger partial charge in [0.2, 0.25) is 11.1 Å². The van der Waals surface area contributed by atoms with E-state index in [0.29, 0.717) is 33.2 Å². The van der Waals surface area contributed by atoms with Crippen LogP contribution in [0.25, 0.3) is 0 Å². The number of aromatic carboxylic acids is 1. The molecule has 2 N–H and O–H groups in total. The van der Waals surface area contributed by atoms with Crippen molar-refractivity contribution in [1.82, 2.24) is 14.8 Å². The molecule has 1 aromatic heterocycles. The minimum absolute atomic E-state index is 0.238. The van der Waals surface area contributed by atoms with E-state index in [1.165, 1.54) is 11.8 Å². The Bertz CT molecular complexity index is 1220. The lowest BCUT2D eigenvalue weighted by Crippen LogP contribution is -2.29. The summed E-state index contributed by atoms with van der Waals surface area (Å²) in [6.07, 6.45) is 0. The summed E-state index contributed by atoms with van der Waals surface area (Å²) in [5.41, 5.74) is 3.12. The summed E-state index contributed by atoms with van der Waals surface area (Å²) in [4.78, 5) is 28.4. The number of aromatic nitrogens is 3. The molecule has 0 spiro atoms. The highest BCUT2D eigenvalue weighted by molar-refractivity contribution is 7.98. The molecule has 4 rings (SSSR count). The number of halogens is 1. The molecule has 0 bridgehead atoms. The SMILES string of the molecule is CCOC(=O)C1=C(C)Nc2nc(SCc3ccc(C(=O)O)cc3)nn2[C@H]1c1ccc(Cl)cc1. The largest absolute Gasteiger partial charge is 0.478 e. The summed E-state index contributed by atoms with van der Waals surface area (Å²) in [5.74, 6) is -0.302. The van der Waals surface area contributed by atoms with Gasteiger partial charge >= 0.3 is 11.9 Å². The van der Waals surface area contributed by atoms with Crippen LogP contribution >= 0.6 is 23.4 Å². The average Bonchev–Trinajstić information content (AvgIpc) is 3.20. The first-order valence-electron chi connectivity index (χ1n) is 10.2. The van der Waals surface area contributed by atoms with Gasteiger partial charge in [0.15, 0.2) is 0 Å². The van der Waals surface area contributed by atoms with Crippen molar-refractivity contribution in [3.8, 4) is 0 Å². The van der Waals surface area contributed by atoms with Crippen LogP contribution in [0.4, 0.5) is 5.95 Å². The Labute approximate surface area is 199 Å². The maximum atomic E-state index is 12.8. The van der Waals surface area contributed by atoms with Gasteiger partial charge in [-0.05, 0) is 49.2 Å². The van der Waals surface area contributed by atoms with Crippen LogP contribution in [-0.4, -0.2) is 38.4 Å². The van der Waals surface area contributed by atoms with Crippen molar-refractivity contribution in [1.29, 1.82) is 0 Å². The fourth-order valence-corrected chi connectivity index (χ4v) is 4.42. The second kappa shape index (κ2) is 9.68. The normalized spacial score (nSPS) is 15.1. The van der Waals surface area contributed by atoms with E-state index in [-0.39, 0.29) is 12.2 Å². The monoisotopic (exact) mass is 484 g/mol. The van der Waals surface area contributed by atoms with E-state index in [4.69, 9.17) is 21.4 Å². The molecular formula is C23H21ClN4O4S.